The van der Waals surface area contributed by atoms with E-state index in [4.69, 9.17) is 10.5 Å². The summed E-state index contributed by atoms with van der Waals surface area (Å²) in [5.41, 5.74) is 9.20. The van der Waals surface area contributed by atoms with E-state index in [9.17, 15) is 10.1 Å². The van der Waals surface area contributed by atoms with Crippen molar-refractivity contribution in [2.45, 2.75) is 19.4 Å². The maximum atomic E-state index is 10.8. The summed E-state index contributed by atoms with van der Waals surface area (Å²) in [7, 11) is 0. The van der Waals surface area contributed by atoms with E-state index in [0.29, 0.717) is 6.54 Å². The SMILES string of the molecule is CC(CN1CCN(c2ccc([N+](=O)[O-])cc2)CC1)Oc1ccc2[nH]cc(CCN)c2c1.Cl. The van der Waals surface area contributed by atoms with Crippen molar-refractivity contribution in [1.29, 1.82) is 0 Å². The molecular formula is C23H30ClN5O3. The summed E-state index contributed by atoms with van der Waals surface area (Å²) < 4.78 is 6.21. The fraction of sp³-hybridized carbons (Fsp3) is 0.391. The molecule has 3 aromatic rings. The predicted octanol–water partition coefficient (Wildman–Crippen LogP) is 3.59. The molecule has 1 unspecified atom stereocenters. The maximum Gasteiger partial charge on any atom is 0.269 e. The van der Waals surface area contributed by atoms with E-state index < -0.39 is 0 Å². The zero-order valence-electron chi connectivity index (χ0n) is 18.2. The molecule has 0 amide bonds. The third kappa shape index (κ3) is 5.51. The number of aromatic amines is 1. The standard InChI is InChI=1S/C23H29N5O3.ClH/c1-17(31-21-6-7-23-22(14-21)18(8-9-24)15-25-23)16-26-10-12-27(13-11-26)19-2-4-20(5-3-19)28(29)30;/h2-7,14-15,17,25H,8-13,16,24H2,1H3;1H. The minimum Gasteiger partial charge on any atom is -0.489 e. The Morgan fingerprint density at radius 1 is 1.16 bits per heavy atom. The molecule has 0 bridgehead atoms. The van der Waals surface area contributed by atoms with Gasteiger partial charge in [-0.3, -0.25) is 15.0 Å². The number of anilines is 1. The molecule has 2 heterocycles. The first-order valence-corrected chi connectivity index (χ1v) is 10.7. The lowest BCUT2D eigenvalue weighted by Gasteiger charge is -2.37. The summed E-state index contributed by atoms with van der Waals surface area (Å²) in [4.78, 5) is 18.4. The van der Waals surface area contributed by atoms with Crippen LogP contribution in [0.1, 0.15) is 12.5 Å². The van der Waals surface area contributed by atoms with Gasteiger partial charge in [-0.25, -0.2) is 0 Å². The van der Waals surface area contributed by atoms with Gasteiger partial charge in [-0.1, -0.05) is 0 Å². The number of non-ortho nitro benzene ring substituents is 1. The van der Waals surface area contributed by atoms with Crippen LogP contribution in [0.2, 0.25) is 0 Å². The van der Waals surface area contributed by atoms with Gasteiger partial charge in [0.2, 0.25) is 0 Å². The number of nitrogens with two attached hydrogens (primary N) is 1. The van der Waals surface area contributed by atoms with Crippen molar-refractivity contribution in [1.82, 2.24) is 9.88 Å². The van der Waals surface area contributed by atoms with Crippen LogP contribution in [-0.4, -0.2) is 60.2 Å². The van der Waals surface area contributed by atoms with Gasteiger partial charge < -0.3 is 20.4 Å². The average molecular weight is 460 g/mol. The van der Waals surface area contributed by atoms with Gasteiger partial charge in [0.15, 0.2) is 0 Å². The Hall–Kier alpha value is -2.81. The fourth-order valence-corrected chi connectivity index (χ4v) is 4.20. The van der Waals surface area contributed by atoms with Crippen LogP contribution < -0.4 is 15.4 Å². The van der Waals surface area contributed by atoms with Crippen molar-refractivity contribution in [3.05, 3.63) is 64.3 Å². The predicted molar refractivity (Wildman–Crippen MR) is 130 cm³/mol. The molecule has 1 aliphatic heterocycles. The Morgan fingerprint density at radius 2 is 1.88 bits per heavy atom. The largest absolute Gasteiger partial charge is 0.489 e. The average Bonchev–Trinajstić information content (AvgIpc) is 3.17. The summed E-state index contributed by atoms with van der Waals surface area (Å²) in [5, 5.41) is 12.0. The van der Waals surface area contributed by atoms with E-state index in [-0.39, 0.29) is 29.1 Å². The first-order chi connectivity index (χ1) is 15.0. The molecule has 1 atom stereocenters. The van der Waals surface area contributed by atoms with Gasteiger partial charge in [0.25, 0.3) is 5.69 Å². The second-order valence-corrected chi connectivity index (χ2v) is 8.05. The molecule has 0 aliphatic carbocycles. The van der Waals surface area contributed by atoms with E-state index in [1.807, 2.05) is 24.4 Å². The van der Waals surface area contributed by atoms with Crippen LogP contribution in [-0.2, 0) is 6.42 Å². The number of ether oxygens (including phenoxy) is 1. The molecule has 172 valence electrons. The number of nitro groups is 1. The highest BCUT2D eigenvalue weighted by Crippen LogP contribution is 2.25. The lowest BCUT2D eigenvalue weighted by molar-refractivity contribution is -0.384. The molecule has 0 radical (unpaired) electrons. The van der Waals surface area contributed by atoms with Crippen molar-refractivity contribution in [2.24, 2.45) is 5.73 Å². The number of benzene rings is 2. The molecule has 3 N–H and O–H groups in total. The number of piperazine rings is 1. The molecule has 0 spiro atoms. The van der Waals surface area contributed by atoms with Crippen molar-refractivity contribution < 1.29 is 9.66 Å². The highest BCUT2D eigenvalue weighted by molar-refractivity contribution is 5.85. The van der Waals surface area contributed by atoms with Crippen LogP contribution in [0, 0.1) is 10.1 Å². The molecule has 1 saturated heterocycles. The topological polar surface area (TPSA) is 101 Å². The second-order valence-electron chi connectivity index (χ2n) is 8.05. The number of rotatable bonds is 8. The first kappa shape index (κ1) is 23.8. The number of hydrogen-bond acceptors (Lipinski definition) is 6. The zero-order chi connectivity index (χ0) is 21.8. The quantitative estimate of drug-likeness (QED) is 0.394. The zero-order valence-corrected chi connectivity index (χ0v) is 19.0. The van der Waals surface area contributed by atoms with E-state index in [2.05, 4.69) is 33.8 Å². The summed E-state index contributed by atoms with van der Waals surface area (Å²) in [5.74, 6) is 0.877. The third-order valence-electron chi connectivity index (χ3n) is 5.80. The van der Waals surface area contributed by atoms with Crippen LogP contribution in [0.5, 0.6) is 5.75 Å². The van der Waals surface area contributed by atoms with Crippen LogP contribution in [0.3, 0.4) is 0 Å². The van der Waals surface area contributed by atoms with E-state index in [0.717, 1.165) is 56.1 Å². The second kappa shape index (κ2) is 10.7. The molecule has 1 aliphatic rings. The van der Waals surface area contributed by atoms with E-state index in [1.165, 1.54) is 10.9 Å². The Kier molecular flexibility index (Phi) is 7.95. The highest BCUT2D eigenvalue weighted by atomic mass is 35.5. The highest BCUT2D eigenvalue weighted by Gasteiger charge is 2.20. The first-order valence-electron chi connectivity index (χ1n) is 10.7. The number of halogens is 1. The number of fused-ring (bicyclic) bond motifs is 1. The summed E-state index contributed by atoms with van der Waals surface area (Å²) in [6.07, 6.45) is 2.94. The Bertz CT molecular complexity index is 1030. The molecule has 1 aromatic heterocycles. The van der Waals surface area contributed by atoms with Crippen molar-refractivity contribution in [3.8, 4) is 5.75 Å². The number of nitro benzene ring substituents is 1. The lowest BCUT2D eigenvalue weighted by atomic mass is 10.1. The third-order valence-corrected chi connectivity index (χ3v) is 5.80. The Morgan fingerprint density at radius 3 is 2.53 bits per heavy atom. The molecule has 1 fully saturated rings. The molecule has 4 rings (SSSR count). The summed E-state index contributed by atoms with van der Waals surface area (Å²) >= 11 is 0. The number of hydrogen-bond donors (Lipinski definition) is 2. The van der Waals surface area contributed by atoms with Gasteiger partial charge in [-0.15, -0.1) is 12.4 Å². The van der Waals surface area contributed by atoms with Crippen LogP contribution in [0.15, 0.2) is 48.7 Å². The van der Waals surface area contributed by atoms with Crippen molar-refractivity contribution in [3.63, 3.8) is 0 Å². The fourth-order valence-electron chi connectivity index (χ4n) is 4.20. The minimum absolute atomic E-state index is 0. The van der Waals surface area contributed by atoms with Gasteiger partial charge in [-0.05, 0) is 55.8 Å². The summed E-state index contributed by atoms with van der Waals surface area (Å²) in [6.45, 7) is 7.23. The maximum absolute atomic E-state index is 10.8. The van der Waals surface area contributed by atoms with Gasteiger partial charge in [0.05, 0.1) is 4.92 Å². The minimum atomic E-state index is -0.365. The smallest absolute Gasteiger partial charge is 0.269 e. The van der Waals surface area contributed by atoms with Gasteiger partial charge in [0, 0.05) is 67.6 Å². The number of nitrogens with one attached hydrogen (secondary N) is 1. The van der Waals surface area contributed by atoms with E-state index in [1.54, 1.807) is 12.1 Å². The van der Waals surface area contributed by atoms with Crippen LogP contribution in [0.4, 0.5) is 11.4 Å². The van der Waals surface area contributed by atoms with Crippen molar-refractivity contribution in [2.75, 3.05) is 44.2 Å². The van der Waals surface area contributed by atoms with Crippen molar-refractivity contribution >= 4 is 34.7 Å². The Labute approximate surface area is 193 Å². The Balaban J connectivity index is 0.00000289. The number of H-pyrrole nitrogens is 1. The van der Waals surface area contributed by atoms with E-state index >= 15 is 0 Å². The number of aromatic nitrogens is 1. The molecule has 9 heteroatoms. The van der Waals surface area contributed by atoms with Crippen LogP contribution >= 0.6 is 12.4 Å². The molecular weight excluding hydrogens is 430 g/mol. The van der Waals surface area contributed by atoms with Crippen LogP contribution in [0.25, 0.3) is 10.9 Å². The van der Waals surface area contributed by atoms with Gasteiger partial charge >= 0.3 is 0 Å². The number of nitrogens with zero attached hydrogens (tertiary/aromatic N) is 3. The molecule has 2 aromatic carbocycles. The monoisotopic (exact) mass is 459 g/mol. The molecule has 8 nitrogen and oxygen atoms in total. The summed E-state index contributed by atoms with van der Waals surface area (Å²) in [6, 6.07) is 13.0. The molecule has 32 heavy (non-hydrogen) atoms. The lowest BCUT2D eigenvalue weighted by Crippen LogP contribution is -2.48. The normalized spacial score (nSPS) is 15.4. The molecule has 0 saturated carbocycles. The van der Waals surface area contributed by atoms with Gasteiger partial charge in [-0.2, -0.15) is 0 Å². The van der Waals surface area contributed by atoms with Gasteiger partial charge in [0.1, 0.15) is 11.9 Å².